The van der Waals surface area contributed by atoms with Gasteiger partial charge in [-0.3, -0.25) is 9.69 Å². The summed E-state index contributed by atoms with van der Waals surface area (Å²) in [7, 11) is 1.86. The molecule has 1 aromatic rings. The summed E-state index contributed by atoms with van der Waals surface area (Å²) in [4.78, 5) is 27.5. The number of likely N-dealkylation sites (N-methyl/N-ethyl adjacent to an activating group) is 1. The first-order valence-electron chi connectivity index (χ1n) is 10.5. The minimum absolute atomic E-state index is 0.0213. The van der Waals surface area contributed by atoms with Crippen molar-refractivity contribution >= 4 is 12.0 Å². The summed E-state index contributed by atoms with van der Waals surface area (Å²) < 4.78 is 0. The lowest BCUT2D eigenvalue weighted by molar-refractivity contribution is -0.138. The van der Waals surface area contributed by atoms with E-state index in [9.17, 15) is 9.59 Å². The number of carbonyl (C=O) groups excluding carboxylic acids is 1. The zero-order chi connectivity index (χ0) is 20.4. The van der Waals surface area contributed by atoms with Gasteiger partial charge in [-0.25, -0.2) is 4.79 Å². The second-order valence-electron chi connectivity index (χ2n) is 7.84. The lowest BCUT2D eigenvalue weighted by Crippen LogP contribution is -2.45. The summed E-state index contributed by atoms with van der Waals surface area (Å²) in [6.45, 7) is 3.62. The Labute approximate surface area is 168 Å². The molecule has 2 atom stereocenters. The van der Waals surface area contributed by atoms with Gasteiger partial charge < -0.3 is 15.3 Å². The van der Waals surface area contributed by atoms with Crippen molar-refractivity contribution in [3.8, 4) is 0 Å². The lowest BCUT2D eigenvalue weighted by Gasteiger charge is -2.27. The molecule has 1 aliphatic rings. The first-order chi connectivity index (χ1) is 13.5. The van der Waals surface area contributed by atoms with E-state index in [4.69, 9.17) is 5.11 Å². The zero-order valence-corrected chi connectivity index (χ0v) is 17.3. The van der Waals surface area contributed by atoms with Crippen LogP contribution in [0, 0.1) is 0 Å². The summed E-state index contributed by atoms with van der Waals surface area (Å²) in [5.41, 5.74) is 1.30. The average Bonchev–Trinajstić information content (AvgIpc) is 2.93. The van der Waals surface area contributed by atoms with Gasteiger partial charge in [0.05, 0.1) is 6.54 Å². The Morgan fingerprint density at radius 2 is 1.96 bits per heavy atom. The number of hydrogen-bond acceptors (Lipinski definition) is 3. The Hall–Kier alpha value is -2.08. The SMILES string of the molecule is CCCC(CCc1ccccc1)NC(=O)N1CCCC(N(C)CC(=O)O)CC1. The van der Waals surface area contributed by atoms with Gasteiger partial charge in [0.2, 0.25) is 0 Å². The number of hydrogen-bond donors (Lipinski definition) is 2. The third kappa shape index (κ3) is 7.50. The Balaban J connectivity index is 1.84. The molecule has 0 radical (unpaired) electrons. The molecule has 2 amide bonds. The first kappa shape index (κ1) is 22.2. The highest BCUT2D eigenvalue weighted by molar-refractivity contribution is 5.74. The molecule has 1 fully saturated rings. The molecule has 28 heavy (non-hydrogen) atoms. The van der Waals surface area contributed by atoms with E-state index in [2.05, 4.69) is 36.5 Å². The van der Waals surface area contributed by atoms with E-state index in [0.29, 0.717) is 6.54 Å². The third-order valence-electron chi connectivity index (χ3n) is 5.58. The Kier molecular flexibility index (Phi) is 9.28. The van der Waals surface area contributed by atoms with E-state index in [1.165, 1.54) is 5.56 Å². The van der Waals surface area contributed by atoms with Gasteiger partial charge in [-0.2, -0.15) is 0 Å². The van der Waals surface area contributed by atoms with Crippen LogP contribution in [0.4, 0.5) is 4.79 Å². The maximum atomic E-state index is 12.8. The van der Waals surface area contributed by atoms with Gasteiger partial charge in [0.25, 0.3) is 0 Å². The van der Waals surface area contributed by atoms with Gasteiger partial charge in [0.1, 0.15) is 0 Å². The van der Waals surface area contributed by atoms with Gasteiger partial charge >= 0.3 is 12.0 Å². The number of nitrogens with zero attached hydrogens (tertiary/aromatic N) is 2. The largest absolute Gasteiger partial charge is 0.480 e. The van der Waals surface area contributed by atoms with Crippen molar-refractivity contribution in [1.82, 2.24) is 15.1 Å². The van der Waals surface area contributed by atoms with Crippen molar-refractivity contribution in [2.24, 2.45) is 0 Å². The summed E-state index contributed by atoms with van der Waals surface area (Å²) in [6.07, 6.45) is 6.59. The number of aliphatic carboxylic acids is 1. The smallest absolute Gasteiger partial charge is 0.317 e. The molecular weight excluding hydrogens is 354 g/mol. The van der Waals surface area contributed by atoms with Crippen molar-refractivity contribution in [3.05, 3.63) is 35.9 Å². The first-order valence-corrected chi connectivity index (χ1v) is 10.5. The van der Waals surface area contributed by atoms with Crippen molar-refractivity contribution < 1.29 is 14.7 Å². The molecule has 0 aliphatic carbocycles. The number of benzene rings is 1. The van der Waals surface area contributed by atoms with Crippen molar-refractivity contribution in [1.29, 1.82) is 0 Å². The maximum absolute atomic E-state index is 12.8. The normalized spacial score (nSPS) is 18.5. The molecule has 0 saturated carbocycles. The number of amides is 2. The van der Waals surface area contributed by atoms with Crippen molar-refractivity contribution in [3.63, 3.8) is 0 Å². The number of likely N-dealkylation sites (tertiary alicyclic amines) is 1. The predicted octanol–water partition coefficient (Wildman–Crippen LogP) is 3.37. The van der Waals surface area contributed by atoms with Crippen LogP contribution in [0.3, 0.4) is 0 Å². The Morgan fingerprint density at radius 3 is 2.64 bits per heavy atom. The zero-order valence-electron chi connectivity index (χ0n) is 17.3. The fourth-order valence-electron chi connectivity index (χ4n) is 3.95. The van der Waals surface area contributed by atoms with E-state index in [1.54, 1.807) is 0 Å². The number of carboxylic acids is 1. The van der Waals surface area contributed by atoms with Gasteiger partial charge in [-0.05, 0) is 51.1 Å². The van der Waals surface area contributed by atoms with Gasteiger partial charge in [0, 0.05) is 25.2 Å². The molecule has 2 N–H and O–H groups in total. The Bertz CT molecular complexity index is 608. The fourth-order valence-corrected chi connectivity index (χ4v) is 3.95. The molecular formula is C22H35N3O3. The lowest BCUT2D eigenvalue weighted by atomic mass is 10.0. The van der Waals surface area contributed by atoms with E-state index in [1.807, 2.05) is 22.9 Å². The summed E-state index contributed by atoms with van der Waals surface area (Å²) in [6, 6.07) is 10.8. The molecule has 2 unspecified atom stereocenters. The highest BCUT2D eigenvalue weighted by Gasteiger charge is 2.25. The molecule has 0 aromatic heterocycles. The molecule has 6 nitrogen and oxygen atoms in total. The third-order valence-corrected chi connectivity index (χ3v) is 5.58. The molecule has 6 heteroatoms. The average molecular weight is 390 g/mol. The summed E-state index contributed by atoms with van der Waals surface area (Å²) in [5, 5.41) is 12.2. The predicted molar refractivity (Wildman–Crippen MR) is 111 cm³/mol. The van der Waals surface area contributed by atoms with Gasteiger partial charge in [-0.15, -0.1) is 0 Å². The molecule has 2 rings (SSSR count). The van der Waals surface area contributed by atoms with Crippen LogP contribution >= 0.6 is 0 Å². The molecule has 1 saturated heterocycles. The minimum Gasteiger partial charge on any atom is -0.480 e. The van der Waals surface area contributed by atoms with Crippen LogP contribution in [0.15, 0.2) is 30.3 Å². The molecule has 0 spiro atoms. The van der Waals surface area contributed by atoms with Crippen molar-refractivity contribution in [2.75, 3.05) is 26.7 Å². The number of carboxylic acid groups (broad SMARTS) is 1. The highest BCUT2D eigenvalue weighted by atomic mass is 16.4. The molecule has 1 aromatic carbocycles. The van der Waals surface area contributed by atoms with Crippen LogP contribution in [0.1, 0.15) is 51.0 Å². The number of urea groups is 1. The maximum Gasteiger partial charge on any atom is 0.317 e. The van der Waals surface area contributed by atoms with Crippen LogP contribution in [0.5, 0.6) is 0 Å². The van der Waals surface area contributed by atoms with E-state index >= 15 is 0 Å². The molecule has 1 aliphatic heterocycles. The number of aryl methyl sites for hydroxylation is 1. The molecule has 156 valence electrons. The van der Waals surface area contributed by atoms with E-state index < -0.39 is 5.97 Å². The standard InChI is InChI=1S/C22H35N3O3/c1-3-8-19(13-12-18-9-5-4-6-10-18)23-22(28)25-15-7-11-20(14-16-25)24(2)17-21(26)27/h4-6,9-10,19-20H,3,7-8,11-17H2,1-2H3,(H,23,28)(H,26,27). The second-order valence-corrected chi connectivity index (χ2v) is 7.84. The van der Waals surface area contributed by atoms with E-state index in [0.717, 1.165) is 51.5 Å². The van der Waals surface area contributed by atoms with Gasteiger partial charge in [0.15, 0.2) is 0 Å². The Morgan fingerprint density at radius 1 is 1.21 bits per heavy atom. The van der Waals surface area contributed by atoms with Crippen LogP contribution in [-0.2, 0) is 11.2 Å². The van der Waals surface area contributed by atoms with Crippen LogP contribution in [0.2, 0.25) is 0 Å². The quantitative estimate of drug-likeness (QED) is 0.679. The second kappa shape index (κ2) is 11.7. The van der Waals surface area contributed by atoms with E-state index in [-0.39, 0.29) is 24.7 Å². The van der Waals surface area contributed by atoms with Crippen LogP contribution in [-0.4, -0.2) is 65.7 Å². The summed E-state index contributed by atoms with van der Waals surface area (Å²) >= 11 is 0. The van der Waals surface area contributed by atoms with Crippen molar-refractivity contribution in [2.45, 2.75) is 64.0 Å². The van der Waals surface area contributed by atoms with Gasteiger partial charge in [-0.1, -0.05) is 43.7 Å². The number of nitrogens with one attached hydrogen (secondary N) is 1. The van der Waals surface area contributed by atoms with Crippen LogP contribution < -0.4 is 5.32 Å². The number of rotatable bonds is 9. The summed E-state index contributed by atoms with van der Waals surface area (Å²) in [5.74, 6) is -0.804. The highest BCUT2D eigenvalue weighted by Crippen LogP contribution is 2.16. The number of carbonyl (C=O) groups is 2. The minimum atomic E-state index is -0.804. The molecule has 0 bridgehead atoms. The van der Waals surface area contributed by atoms with Crippen LogP contribution in [0.25, 0.3) is 0 Å². The monoisotopic (exact) mass is 389 g/mol. The fraction of sp³-hybridized carbons (Fsp3) is 0.636. The topological polar surface area (TPSA) is 72.9 Å². The molecule has 1 heterocycles.